The molecule has 0 saturated carbocycles. The first-order chi connectivity index (χ1) is 11.5. The second kappa shape index (κ2) is 7.77. The van der Waals surface area contributed by atoms with E-state index in [4.69, 9.17) is 0 Å². The van der Waals surface area contributed by atoms with Crippen molar-refractivity contribution >= 4 is 17.8 Å². The number of carbonyl (C=O) groups is 1. The Morgan fingerprint density at radius 1 is 1.25 bits per heavy atom. The summed E-state index contributed by atoms with van der Waals surface area (Å²) < 4.78 is 29.0. The molecule has 0 radical (unpaired) electrons. The summed E-state index contributed by atoms with van der Waals surface area (Å²) in [5.74, 6) is -0.818. The first-order valence-corrected chi connectivity index (χ1v) is 6.59. The third-order valence-electron chi connectivity index (χ3n) is 2.83. The number of nitro benzene ring substituents is 1. The molecule has 1 N–H and O–H groups in total. The lowest BCUT2D eigenvalue weighted by atomic mass is 10.2. The Morgan fingerprint density at radius 2 is 1.96 bits per heavy atom. The van der Waals surface area contributed by atoms with Crippen LogP contribution in [-0.4, -0.2) is 23.7 Å². The number of ether oxygens (including phenoxy) is 1. The van der Waals surface area contributed by atoms with Gasteiger partial charge in [0.1, 0.15) is 5.75 Å². The van der Waals surface area contributed by atoms with Gasteiger partial charge in [-0.15, -0.1) is 0 Å². The van der Waals surface area contributed by atoms with Gasteiger partial charge in [-0.05, 0) is 18.2 Å². The maximum Gasteiger partial charge on any atom is 0.387 e. The van der Waals surface area contributed by atoms with Crippen LogP contribution in [0.25, 0.3) is 0 Å². The highest BCUT2D eigenvalue weighted by Gasteiger charge is 2.14. The molecule has 0 spiro atoms. The van der Waals surface area contributed by atoms with Crippen LogP contribution in [0.4, 0.5) is 14.5 Å². The maximum absolute atomic E-state index is 12.4. The number of hydrogen-bond acceptors (Lipinski definition) is 5. The normalized spacial score (nSPS) is 10.8. The second-order valence-corrected chi connectivity index (χ2v) is 4.42. The molecule has 0 atom stereocenters. The Hall–Kier alpha value is -3.36. The number of benzene rings is 2. The van der Waals surface area contributed by atoms with Gasteiger partial charge in [-0.3, -0.25) is 14.9 Å². The number of nitrogens with one attached hydrogen (secondary N) is 1. The number of rotatable bonds is 6. The number of non-ortho nitro benzene ring substituents is 1. The fourth-order valence-electron chi connectivity index (χ4n) is 1.77. The van der Waals surface area contributed by atoms with Gasteiger partial charge in [0.05, 0.1) is 11.1 Å². The van der Waals surface area contributed by atoms with E-state index in [1.807, 2.05) is 0 Å². The number of nitrogens with zero attached hydrogens (tertiary/aromatic N) is 2. The molecule has 0 heterocycles. The van der Waals surface area contributed by atoms with Crippen molar-refractivity contribution in [1.82, 2.24) is 5.43 Å². The van der Waals surface area contributed by atoms with E-state index in [2.05, 4.69) is 15.3 Å². The summed E-state index contributed by atoms with van der Waals surface area (Å²) in [6.07, 6.45) is 0.992. The number of halogens is 2. The lowest BCUT2D eigenvalue weighted by molar-refractivity contribution is -0.384. The van der Waals surface area contributed by atoms with Gasteiger partial charge in [-0.25, -0.2) is 5.43 Å². The number of nitro groups is 1. The molecule has 2 aromatic rings. The van der Waals surface area contributed by atoms with Gasteiger partial charge in [-0.2, -0.15) is 13.9 Å². The zero-order valence-electron chi connectivity index (χ0n) is 12.1. The molecule has 0 bridgehead atoms. The van der Waals surface area contributed by atoms with E-state index in [1.165, 1.54) is 0 Å². The molecule has 7 nitrogen and oxygen atoms in total. The summed E-state index contributed by atoms with van der Waals surface area (Å²) in [5.41, 5.74) is 2.14. The van der Waals surface area contributed by atoms with Crippen molar-refractivity contribution in [3.8, 4) is 5.75 Å². The SMILES string of the molecule is O=C(N/N=C/c1cc([N+](=O)[O-])ccc1OC(F)F)c1ccccc1. The molecule has 0 fully saturated rings. The topological polar surface area (TPSA) is 93.8 Å². The smallest absolute Gasteiger partial charge is 0.387 e. The summed E-state index contributed by atoms with van der Waals surface area (Å²) >= 11 is 0. The maximum atomic E-state index is 12.4. The van der Waals surface area contributed by atoms with Crippen LogP contribution >= 0.6 is 0 Å². The fraction of sp³-hybridized carbons (Fsp3) is 0.0667. The van der Waals surface area contributed by atoms with Gasteiger partial charge >= 0.3 is 6.61 Å². The minimum atomic E-state index is -3.10. The van der Waals surface area contributed by atoms with Gasteiger partial charge < -0.3 is 4.74 Å². The van der Waals surface area contributed by atoms with Crippen molar-refractivity contribution in [2.24, 2.45) is 5.10 Å². The Morgan fingerprint density at radius 3 is 2.58 bits per heavy atom. The average Bonchev–Trinajstić information content (AvgIpc) is 2.56. The largest absolute Gasteiger partial charge is 0.434 e. The molecule has 124 valence electrons. The third kappa shape index (κ3) is 4.57. The molecule has 0 aliphatic carbocycles. The minimum absolute atomic E-state index is 0.0714. The molecule has 24 heavy (non-hydrogen) atoms. The molecular formula is C15H11F2N3O4. The number of amides is 1. The van der Waals surface area contributed by atoms with E-state index in [0.717, 1.165) is 24.4 Å². The lowest BCUT2D eigenvalue weighted by Crippen LogP contribution is -2.17. The summed E-state index contributed by atoms with van der Waals surface area (Å²) in [6, 6.07) is 11.2. The van der Waals surface area contributed by atoms with Crippen LogP contribution in [0.2, 0.25) is 0 Å². The molecule has 0 aliphatic rings. The molecule has 2 aromatic carbocycles. The number of hydrogen-bond donors (Lipinski definition) is 1. The van der Waals surface area contributed by atoms with Crippen LogP contribution in [0.5, 0.6) is 5.75 Å². The quantitative estimate of drug-likeness (QED) is 0.499. The zero-order chi connectivity index (χ0) is 17.5. The molecule has 0 unspecified atom stereocenters. The molecule has 0 saturated heterocycles. The van der Waals surface area contributed by atoms with Gasteiger partial charge in [0.25, 0.3) is 11.6 Å². The van der Waals surface area contributed by atoms with Crippen LogP contribution in [0.15, 0.2) is 53.6 Å². The van der Waals surface area contributed by atoms with E-state index in [0.29, 0.717) is 5.56 Å². The van der Waals surface area contributed by atoms with Gasteiger partial charge in [0.2, 0.25) is 0 Å². The summed E-state index contributed by atoms with van der Waals surface area (Å²) in [4.78, 5) is 21.9. The number of carbonyl (C=O) groups excluding carboxylic acids is 1. The highest BCUT2D eigenvalue weighted by atomic mass is 19.3. The number of alkyl halides is 2. The number of hydrazone groups is 1. The minimum Gasteiger partial charge on any atom is -0.434 e. The first-order valence-electron chi connectivity index (χ1n) is 6.59. The van der Waals surface area contributed by atoms with E-state index < -0.39 is 17.4 Å². The predicted molar refractivity (Wildman–Crippen MR) is 81.2 cm³/mol. The Kier molecular flexibility index (Phi) is 5.50. The van der Waals surface area contributed by atoms with Crippen LogP contribution in [0, 0.1) is 10.1 Å². The zero-order valence-corrected chi connectivity index (χ0v) is 12.1. The first kappa shape index (κ1) is 17.0. The second-order valence-electron chi connectivity index (χ2n) is 4.42. The van der Waals surface area contributed by atoms with E-state index in [1.54, 1.807) is 30.3 Å². The predicted octanol–water partition coefficient (Wildman–Crippen LogP) is 2.96. The van der Waals surface area contributed by atoms with Crippen molar-refractivity contribution in [3.63, 3.8) is 0 Å². The van der Waals surface area contributed by atoms with Crippen LogP contribution in [0.3, 0.4) is 0 Å². The van der Waals surface area contributed by atoms with Crippen molar-refractivity contribution in [2.45, 2.75) is 6.61 Å². The van der Waals surface area contributed by atoms with Crippen molar-refractivity contribution in [3.05, 3.63) is 69.8 Å². The van der Waals surface area contributed by atoms with Crippen molar-refractivity contribution < 1.29 is 23.2 Å². The molecule has 1 amide bonds. The van der Waals surface area contributed by atoms with E-state index in [-0.39, 0.29) is 17.0 Å². The van der Waals surface area contributed by atoms with Crippen LogP contribution in [-0.2, 0) is 0 Å². The summed E-state index contributed by atoms with van der Waals surface area (Å²) in [5, 5.41) is 14.4. The average molecular weight is 335 g/mol. The highest BCUT2D eigenvalue weighted by Crippen LogP contribution is 2.24. The Balaban J connectivity index is 2.18. The summed E-state index contributed by atoms with van der Waals surface area (Å²) in [7, 11) is 0. The molecule has 0 aromatic heterocycles. The highest BCUT2D eigenvalue weighted by molar-refractivity contribution is 5.95. The van der Waals surface area contributed by atoms with E-state index in [9.17, 15) is 23.7 Å². The fourth-order valence-corrected chi connectivity index (χ4v) is 1.77. The molecule has 9 heteroatoms. The Labute approximate surface area is 134 Å². The van der Waals surface area contributed by atoms with Gasteiger partial charge in [-0.1, -0.05) is 18.2 Å². The van der Waals surface area contributed by atoms with Gasteiger partial charge in [0, 0.05) is 23.3 Å². The van der Waals surface area contributed by atoms with Crippen LogP contribution in [0.1, 0.15) is 15.9 Å². The molecular weight excluding hydrogens is 324 g/mol. The van der Waals surface area contributed by atoms with Crippen LogP contribution < -0.4 is 10.2 Å². The van der Waals surface area contributed by atoms with E-state index >= 15 is 0 Å². The monoisotopic (exact) mass is 335 g/mol. The van der Waals surface area contributed by atoms with Crippen molar-refractivity contribution in [2.75, 3.05) is 0 Å². The Bertz CT molecular complexity index is 767. The van der Waals surface area contributed by atoms with Crippen molar-refractivity contribution in [1.29, 1.82) is 0 Å². The standard InChI is InChI=1S/C15H11F2N3O4/c16-15(17)24-13-7-6-12(20(22)23)8-11(13)9-18-19-14(21)10-4-2-1-3-5-10/h1-9,15H,(H,19,21)/b18-9+. The van der Waals surface area contributed by atoms with Gasteiger partial charge in [0.15, 0.2) is 0 Å². The lowest BCUT2D eigenvalue weighted by Gasteiger charge is -2.07. The third-order valence-corrected chi connectivity index (χ3v) is 2.83. The summed E-state index contributed by atoms with van der Waals surface area (Å²) in [6.45, 7) is -3.10. The molecule has 0 aliphatic heterocycles. The molecule has 2 rings (SSSR count).